The summed E-state index contributed by atoms with van der Waals surface area (Å²) in [4.78, 5) is 20.9. The van der Waals surface area contributed by atoms with Crippen molar-refractivity contribution in [3.8, 4) is 5.69 Å². The molecule has 5 nitrogen and oxygen atoms in total. The molecule has 3 rings (SSSR count). The van der Waals surface area contributed by atoms with Crippen LogP contribution in [-0.2, 0) is 0 Å². The number of aryl methyl sites for hydroxylation is 2. The maximum atomic E-state index is 12.6. The topological polar surface area (TPSA) is 63.0 Å². The normalized spacial score (nSPS) is 11.3. The summed E-state index contributed by atoms with van der Waals surface area (Å²) in [7, 11) is 0. The second-order valence-corrected chi connectivity index (χ2v) is 5.65. The van der Waals surface area contributed by atoms with Crippen LogP contribution in [-0.4, -0.2) is 21.0 Å². The number of hydrogen-bond acceptors (Lipinski definition) is 3. The van der Waals surface area contributed by atoms with Crippen LogP contribution in [0.2, 0.25) is 5.02 Å². The maximum absolute atomic E-state index is 12.6. The molecule has 2 aromatic heterocycles. The lowest BCUT2D eigenvalue weighted by atomic mass is 10.2. The Morgan fingerprint density at radius 3 is 2.65 bits per heavy atom. The number of benzene rings is 1. The van der Waals surface area contributed by atoms with E-state index in [9.17, 15) is 4.79 Å². The van der Waals surface area contributed by atoms with E-state index in [1.165, 1.54) is 10.9 Å². The van der Waals surface area contributed by atoms with Gasteiger partial charge < -0.3 is 0 Å². The summed E-state index contributed by atoms with van der Waals surface area (Å²) in [5, 5.41) is 3.61. The summed E-state index contributed by atoms with van der Waals surface area (Å²) >= 11 is 5.90. The second kappa shape index (κ2) is 6.22. The molecule has 3 aromatic rings. The zero-order valence-corrected chi connectivity index (χ0v) is 13.5. The fourth-order valence-corrected chi connectivity index (χ4v) is 2.34. The molecule has 6 heteroatoms. The first kappa shape index (κ1) is 15.2. The second-order valence-electron chi connectivity index (χ2n) is 5.22. The highest BCUT2D eigenvalue weighted by molar-refractivity contribution is 6.30. The van der Waals surface area contributed by atoms with E-state index in [0.717, 1.165) is 16.9 Å². The minimum Gasteiger partial charge on any atom is -0.295 e. The van der Waals surface area contributed by atoms with E-state index in [0.29, 0.717) is 16.4 Å². The number of pyridine rings is 1. The van der Waals surface area contributed by atoms with Crippen LogP contribution < -0.4 is 5.56 Å². The van der Waals surface area contributed by atoms with Gasteiger partial charge in [-0.25, -0.2) is 14.7 Å². The predicted octanol–water partition coefficient (Wildman–Crippen LogP) is 3.58. The van der Waals surface area contributed by atoms with E-state index >= 15 is 0 Å². The molecule has 0 radical (unpaired) electrons. The Kier molecular flexibility index (Phi) is 4.12. The molecule has 0 aliphatic heterocycles. The molecule has 1 N–H and O–H groups in total. The standard InChI is InChI=1S/C17H15ClN4O/c1-11-3-5-14(6-4-11)22-17(23)15(12(2)21-22)10-20-16-9-13(18)7-8-19-16/h3-10,21H,1-2H3. The molecule has 0 aliphatic rings. The third kappa shape index (κ3) is 3.24. The molecule has 0 spiro atoms. The number of hydrogen-bond donors (Lipinski definition) is 1. The minimum atomic E-state index is -0.155. The van der Waals surface area contributed by atoms with Gasteiger partial charge in [0.15, 0.2) is 5.82 Å². The van der Waals surface area contributed by atoms with Gasteiger partial charge in [0.2, 0.25) is 0 Å². The van der Waals surface area contributed by atoms with Gasteiger partial charge in [-0.15, -0.1) is 0 Å². The third-order valence-electron chi connectivity index (χ3n) is 3.44. The average molecular weight is 327 g/mol. The minimum absolute atomic E-state index is 0.155. The molecule has 0 bridgehead atoms. The zero-order chi connectivity index (χ0) is 16.4. The van der Waals surface area contributed by atoms with Crippen molar-refractivity contribution in [2.24, 2.45) is 4.99 Å². The number of nitrogens with zero attached hydrogens (tertiary/aromatic N) is 3. The Balaban J connectivity index is 1.98. The monoisotopic (exact) mass is 326 g/mol. The molecular formula is C17H15ClN4O. The highest BCUT2D eigenvalue weighted by Gasteiger charge is 2.10. The van der Waals surface area contributed by atoms with Gasteiger partial charge >= 0.3 is 0 Å². The van der Waals surface area contributed by atoms with Crippen LogP contribution in [0.5, 0.6) is 0 Å². The van der Waals surface area contributed by atoms with Gasteiger partial charge in [0, 0.05) is 29.2 Å². The van der Waals surface area contributed by atoms with Gasteiger partial charge in [0.1, 0.15) is 0 Å². The average Bonchev–Trinajstić information content (AvgIpc) is 2.81. The molecule has 23 heavy (non-hydrogen) atoms. The van der Waals surface area contributed by atoms with Crippen molar-refractivity contribution in [2.45, 2.75) is 13.8 Å². The molecule has 1 aromatic carbocycles. The Labute approximate surface area is 138 Å². The largest absolute Gasteiger partial charge is 0.295 e. The summed E-state index contributed by atoms with van der Waals surface area (Å²) in [6.07, 6.45) is 3.08. The van der Waals surface area contributed by atoms with Gasteiger partial charge in [-0.1, -0.05) is 29.3 Å². The van der Waals surface area contributed by atoms with E-state index < -0.39 is 0 Å². The number of halogens is 1. The summed E-state index contributed by atoms with van der Waals surface area (Å²) in [6.45, 7) is 3.83. The van der Waals surface area contributed by atoms with Crippen molar-refractivity contribution in [3.63, 3.8) is 0 Å². The number of rotatable bonds is 3. The lowest BCUT2D eigenvalue weighted by Gasteiger charge is -2.01. The number of aliphatic imine (C=N–C) groups is 1. The predicted molar refractivity (Wildman–Crippen MR) is 92.4 cm³/mol. The van der Waals surface area contributed by atoms with Crippen molar-refractivity contribution in [1.29, 1.82) is 0 Å². The van der Waals surface area contributed by atoms with Gasteiger partial charge in [-0.3, -0.25) is 9.89 Å². The van der Waals surface area contributed by atoms with Crippen LogP contribution in [0, 0.1) is 13.8 Å². The Hall–Kier alpha value is -2.66. The molecule has 0 unspecified atom stereocenters. The molecule has 0 aliphatic carbocycles. The van der Waals surface area contributed by atoms with Gasteiger partial charge in [0.25, 0.3) is 5.56 Å². The van der Waals surface area contributed by atoms with Crippen molar-refractivity contribution in [1.82, 2.24) is 14.8 Å². The first-order chi connectivity index (χ1) is 11.0. The van der Waals surface area contributed by atoms with Crippen LogP contribution in [0.15, 0.2) is 52.4 Å². The van der Waals surface area contributed by atoms with Crippen molar-refractivity contribution < 1.29 is 0 Å². The summed E-state index contributed by atoms with van der Waals surface area (Å²) in [5.41, 5.74) is 2.99. The van der Waals surface area contributed by atoms with Gasteiger partial charge in [0.05, 0.1) is 11.3 Å². The molecule has 0 saturated carbocycles. The van der Waals surface area contributed by atoms with Gasteiger partial charge in [-0.05, 0) is 32.0 Å². The van der Waals surface area contributed by atoms with E-state index in [1.807, 2.05) is 38.1 Å². The summed E-state index contributed by atoms with van der Waals surface area (Å²) in [6, 6.07) is 11.0. The Morgan fingerprint density at radius 1 is 1.22 bits per heavy atom. The molecular weight excluding hydrogens is 312 g/mol. The Bertz CT molecular complexity index is 923. The lowest BCUT2D eigenvalue weighted by Crippen LogP contribution is -2.17. The highest BCUT2D eigenvalue weighted by Crippen LogP contribution is 2.14. The summed E-state index contributed by atoms with van der Waals surface area (Å²) in [5.74, 6) is 0.458. The maximum Gasteiger partial charge on any atom is 0.280 e. The molecule has 0 fully saturated rings. The molecule has 0 amide bonds. The van der Waals surface area contributed by atoms with Crippen LogP contribution >= 0.6 is 11.6 Å². The molecule has 0 saturated heterocycles. The van der Waals surface area contributed by atoms with E-state index in [2.05, 4.69) is 15.1 Å². The number of aromatic nitrogens is 3. The fourth-order valence-electron chi connectivity index (χ4n) is 2.18. The third-order valence-corrected chi connectivity index (χ3v) is 3.68. The molecule has 2 heterocycles. The molecule has 0 atom stereocenters. The first-order valence-corrected chi connectivity index (χ1v) is 7.46. The van der Waals surface area contributed by atoms with Crippen LogP contribution in [0.4, 0.5) is 5.82 Å². The van der Waals surface area contributed by atoms with Crippen LogP contribution in [0.1, 0.15) is 16.8 Å². The number of nitrogens with one attached hydrogen (secondary N) is 1. The smallest absolute Gasteiger partial charge is 0.280 e. The van der Waals surface area contributed by atoms with Crippen molar-refractivity contribution >= 4 is 23.6 Å². The highest BCUT2D eigenvalue weighted by atomic mass is 35.5. The van der Waals surface area contributed by atoms with Crippen molar-refractivity contribution in [3.05, 3.63) is 74.8 Å². The Morgan fingerprint density at radius 2 is 1.96 bits per heavy atom. The van der Waals surface area contributed by atoms with E-state index in [1.54, 1.807) is 18.3 Å². The van der Waals surface area contributed by atoms with Crippen LogP contribution in [0.3, 0.4) is 0 Å². The lowest BCUT2D eigenvalue weighted by molar-refractivity contribution is 0.835. The van der Waals surface area contributed by atoms with Gasteiger partial charge in [-0.2, -0.15) is 0 Å². The zero-order valence-electron chi connectivity index (χ0n) is 12.7. The van der Waals surface area contributed by atoms with Crippen molar-refractivity contribution in [2.75, 3.05) is 0 Å². The van der Waals surface area contributed by atoms with E-state index in [4.69, 9.17) is 11.6 Å². The number of H-pyrrole nitrogens is 1. The quantitative estimate of drug-likeness (QED) is 0.748. The SMILES string of the molecule is Cc1ccc(-n2[nH]c(C)c(C=Nc3cc(Cl)ccn3)c2=O)cc1. The fraction of sp³-hybridized carbons (Fsp3) is 0.118. The molecule has 116 valence electrons. The van der Waals surface area contributed by atoms with E-state index in [-0.39, 0.29) is 5.56 Å². The van der Waals surface area contributed by atoms with Crippen LogP contribution in [0.25, 0.3) is 5.69 Å². The summed E-state index contributed by atoms with van der Waals surface area (Å²) < 4.78 is 1.50. The first-order valence-electron chi connectivity index (χ1n) is 7.09. The number of aromatic amines is 1.